The van der Waals surface area contributed by atoms with E-state index in [1.807, 2.05) is 64.2 Å². The van der Waals surface area contributed by atoms with Gasteiger partial charge in [0.2, 0.25) is 0 Å². The summed E-state index contributed by atoms with van der Waals surface area (Å²) < 4.78 is 7.87. The van der Waals surface area contributed by atoms with Gasteiger partial charge in [-0.25, -0.2) is 0 Å². The molecule has 3 aliphatic heterocycles. The van der Waals surface area contributed by atoms with Crippen LogP contribution in [0.4, 0.5) is 11.4 Å². The van der Waals surface area contributed by atoms with Crippen molar-refractivity contribution >= 4 is 46.1 Å². The summed E-state index contributed by atoms with van der Waals surface area (Å²) in [5.41, 5.74) is 7.61. The molecule has 0 radical (unpaired) electrons. The highest BCUT2D eigenvalue weighted by atomic mass is 35.5. The van der Waals surface area contributed by atoms with E-state index in [2.05, 4.69) is 15.5 Å². The van der Waals surface area contributed by atoms with Crippen LogP contribution in [0.25, 0.3) is 11.3 Å². The Morgan fingerprint density at radius 1 is 0.920 bits per heavy atom. The van der Waals surface area contributed by atoms with Gasteiger partial charge in [0, 0.05) is 77.4 Å². The summed E-state index contributed by atoms with van der Waals surface area (Å²) in [5, 5.41) is 14.7. The topological polar surface area (TPSA) is 78.3 Å². The number of carbonyl (C=O) groups is 2. The Kier molecular flexibility index (Phi) is 9.23. The van der Waals surface area contributed by atoms with Crippen LogP contribution >= 0.6 is 22.9 Å². The summed E-state index contributed by atoms with van der Waals surface area (Å²) in [7, 11) is 0. The molecule has 8 nitrogen and oxygen atoms in total. The summed E-state index contributed by atoms with van der Waals surface area (Å²) in [4.78, 5) is 35.6. The summed E-state index contributed by atoms with van der Waals surface area (Å²) in [6, 6.07) is 24.4. The van der Waals surface area contributed by atoms with Crippen LogP contribution in [-0.2, 0) is 30.7 Å². The van der Waals surface area contributed by atoms with Gasteiger partial charge in [0.05, 0.1) is 24.5 Å². The first-order valence-electron chi connectivity index (χ1n) is 17.3. The van der Waals surface area contributed by atoms with Crippen molar-refractivity contribution in [2.75, 3.05) is 37.7 Å². The minimum absolute atomic E-state index is 0.0206. The third-order valence-electron chi connectivity index (χ3n) is 10.3. The summed E-state index contributed by atoms with van der Waals surface area (Å²) >= 11 is 8.24. The van der Waals surface area contributed by atoms with E-state index in [1.54, 1.807) is 29.2 Å². The average molecular weight is 707 g/mol. The van der Waals surface area contributed by atoms with Gasteiger partial charge in [0.25, 0.3) is 11.8 Å². The van der Waals surface area contributed by atoms with Crippen molar-refractivity contribution < 1.29 is 19.4 Å². The number of nitrogens with zero attached hydrogens (tertiary/aromatic N) is 4. The molecule has 5 heterocycles. The highest BCUT2D eigenvalue weighted by Gasteiger charge is 2.35. The van der Waals surface area contributed by atoms with Gasteiger partial charge in [-0.05, 0) is 90.7 Å². The highest BCUT2D eigenvalue weighted by Crippen LogP contribution is 2.38. The summed E-state index contributed by atoms with van der Waals surface area (Å²) in [6.45, 7) is 5.06. The van der Waals surface area contributed by atoms with Crippen molar-refractivity contribution in [3.8, 4) is 17.0 Å². The van der Waals surface area contributed by atoms with Gasteiger partial charge in [-0.1, -0.05) is 41.9 Å². The van der Waals surface area contributed by atoms with Gasteiger partial charge < -0.3 is 19.3 Å². The maximum Gasteiger partial charge on any atom is 0.264 e. The number of thiophene rings is 1. The number of carbonyl (C=O) groups excluding carboxylic acids is 2. The standard InChI is InChI=1S/C40H39ClN4O4S/c41-36-9-5-6-27-24-44(30(22-34(27)36)25-42-17-19-49-20-18-42)39(47)33-8-2-1-7-32(33)38-23-35(37-10-3-4-16-43(37)38)40(48)45(29-15-21-50-26-29)28-11-13-31(46)14-12-28/h1-2,5-9,11-15,21,23,26,30,46H,3-4,10,16-20,22,24-25H2/t30-/m0/s1. The fourth-order valence-corrected chi connectivity index (χ4v) is 8.63. The molecule has 1 fully saturated rings. The zero-order valence-electron chi connectivity index (χ0n) is 27.8. The molecule has 1 N–H and O–H groups in total. The molecule has 1 atom stereocenters. The molecule has 5 aromatic rings. The predicted molar refractivity (Wildman–Crippen MR) is 198 cm³/mol. The summed E-state index contributed by atoms with van der Waals surface area (Å²) in [5.74, 6) is -0.0126. The third kappa shape index (κ3) is 6.24. The fourth-order valence-electron chi connectivity index (χ4n) is 7.74. The molecule has 2 aromatic heterocycles. The number of phenolic OH excluding ortho intramolecular Hbond substituents is 1. The number of rotatable bonds is 7. The Bertz CT molecular complexity index is 2020. The van der Waals surface area contributed by atoms with Crippen LogP contribution in [-0.4, -0.2) is 70.2 Å². The van der Waals surface area contributed by atoms with Gasteiger partial charge in [-0.2, -0.15) is 11.3 Å². The largest absolute Gasteiger partial charge is 0.508 e. The average Bonchev–Trinajstić information content (AvgIpc) is 3.82. The van der Waals surface area contributed by atoms with Crippen molar-refractivity contribution in [1.82, 2.24) is 14.4 Å². The molecule has 10 heteroatoms. The third-order valence-corrected chi connectivity index (χ3v) is 11.3. The van der Waals surface area contributed by atoms with Gasteiger partial charge in [0.1, 0.15) is 5.75 Å². The number of benzene rings is 3. The molecular formula is C40H39ClN4O4S. The Morgan fingerprint density at radius 3 is 2.54 bits per heavy atom. The second-order valence-corrected chi connectivity index (χ2v) is 14.5. The van der Waals surface area contributed by atoms with E-state index < -0.39 is 0 Å². The van der Waals surface area contributed by atoms with Crippen molar-refractivity contribution in [3.05, 3.63) is 123 Å². The minimum atomic E-state index is -0.134. The number of morpholine rings is 1. The number of anilines is 2. The van der Waals surface area contributed by atoms with Crippen molar-refractivity contribution in [2.24, 2.45) is 0 Å². The van der Waals surface area contributed by atoms with Gasteiger partial charge in [-0.15, -0.1) is 0 Å². The number of amides is 2. The number of hydrogen-bond acceptors (Lipinski definition) is 6. The molecule has 2 amide bonds. The van der Waals surface area contributed by atoms with Gasteiger partial charge >= 0.3 is 0 Å². The molecule has 0 spiro atoms. The van der Waals surface area contributed by atoms with Crippen molar-refractivity contribution in [1.29, 1.82) is 0 Å². The Balaban J connectivity index is 1.19. The highest BCUT2D eigenvalue weighted by molar-refractivity contribution is 7.08. The first-order chi connectivity index (χ1) is 24.5. The lowest BCUT2D eigenvalue weighted by Gasteiger charge is -2.41. The van der Waals surface area contributed by atoms with Crippen LogP contribution in [0.3, 0.4) is 0 Å². The SMILES string of the molecule is O=C(c1cc(-c2ccccc2C(=O)N2Cc3cccc(Cl)c3C[C@H]2CN2CCOCC2)n2c1CCCC2)N(c1ccc(O)cc1)c1ccsc1. The van der Waals surface area contributed by atoms with Crippen LogP contribution in [0.5, 0.6) is 5.75 Å². The first-order valence-corrected chi connectivity index (χ1v) is 18.6. The molecule has 0 aliphatic carbocycles. The van der Waals surface area contributed by atoms with Crippen LogP contribution in [0, 0.1) is 0 Å². The quantitative estimate of drug-likeness (QED) is 0.187. The monoisotopic (exact) mass is 706 g/mol. The van der Waals surface area contributed by atoms with E-state index >= 15 is 0 Å². The predicted octanol–water partition coefficient (Wildman–Crippen LogP) is 7.79. The molecule has 3 aliphatic rings. The van der Waals surface area contributed by atoms with E-state index in [9.17, 15) is 14.7 Å². The molecule has 1 saturated heterocycles. The number of aromatic nitrogens is 1. The van der Waals surface area contributed by atoms with Crippen LogP contribution < -0.4 is 4.90 Å². The van der Waals surface area contributed by atoms with Crippen molar-refractivity contribution in [2.45, 2.75) is 44.8 Å². The number of ether oxygens (including phenoxy) is 1. The number of phenols is 1. The number of aromatic hydroxyl groups is 1. The van der Waals surface area contributed by atoms with Crippen LogP contribution in [0.15, 0.2) is 89.6 Å². The molecule has 256 valence electrons. The number of halogens is 1. The van der Waals surface area contributed by atoms with Gasteiger partial charge in [-0.3, -0.25) is 19.4 Å². The van der Waals surface area contributed by atoms with E-state index in [0.29, 0.717) is 43.0 Å². The van der Waals surface area contributed by atoms with E-state index in [1.165, 1.54) is 11.3 Å². The molecule has 0 saturated carbocycles. The first kappa shape index (κ1) is 32.8. The van der Waals surface area contributed by atoms with Crippen LogP contribution in [0.1, 0.15) is 50.4 Å². The minimum Gasteiger partial charge on any atom is -0.508 e. The molecular weight excluding hydrogens is 668 g/mol. The van der Waals surface area contributed by atoms with E-state index in [-0.39, 0.29) is 23.6 Å². The fraction of sp³-hybridized carbons (Fsp3) is 0.300. The lowest BCUT2D eigenvalue weighted by molar-refractivity contribution is 0.0193. The van der Waals surface area contributed by atoms with Crippen molar-refractivity contribution in [3.63, 3.8) is 0 Å². The van der Waals surface area contributed by atoms with Crippen LogP contribution in [0.2, 0.25) is 5.02 Å². The lowest BCUT2D eigenvalue weighted by atomic mass is 9.92. The maximum absolute atomic E-state index is 14.9. The zero-order chi connectivity index (χ0) is 34.2. The molecule has 0 unspecified atom stereocenters. The van der Waals surface area contributed by atoms with E-state index in [0.717, 1.165) is 84.2 Å². The lowest BCUT2D eigenvalue weighted by Crippen LogP contribution is -2.52. The van der Waals surface area contributed by atoms with E-state index in [4.69, 9.17) is 16.3 Å². The van der Waals surface area contributed by atoms with Gasteiger partial charge in [0.15, 0.2) is 0 Å². The summed E-state index contributed by atoms with van der Waals surface area (Å²) in [6.07, 6.45) is 3.45. The zero-order valence-corrected chi connectivity index (χ0v) is 29.3. The number of fused-ring (bicyclic) bond motifs is 2. The smallest absolute Gasteiger partial charge is 0.264 e. The molecule has 50 heavy (non-hydrogen) atoms. The Morgan fingerprint density at radius 2 is 1.74 bits per heavy atom. The number of hydrogen-bond donors (Lipinski definition) is 1. The Hall–Kier alpha value is -4.41. The maximum atomic E-state index is 14.9. The Labute approximate surface area is 301 Å². The molecule has 8 rings (SSSR count). The molecule has 0 bridgehead atoms. The normalized spacial score (nSPS) is 17.6. The molecule has 3 aromatic carbocycles. The second kappa shape index (κ2) is 14.1. The second-order valence-electron chi connectivity index (χ2n) is 13.3.